The number of oxazole rings is 1. The molecule has 0 unspecified atom stereocenters. The van der Waals surface area contributed by atoms with Crippen molar-refractivity contribution >= 4 is 29.9 Å². The molecule has 1 heterocycles. The van der Waals surface area contributed by atoms with Crippen LogP contribution < -0.4 is 10.6 Å². The zero-order valence-electron chi connectivity index (χ0n) is 16.3. The van der Waals surface area contributed by atoms with Gasteiger partial charge in [-0.3, -0.25) is 4.99 Å². The van der Waals surface area contributed by atoms with Gasteiger partial charge in [-0.25, -0.2) is 9.37 Å². The molecule has 1 aromatic heterocycles. The van der Waals surface area contributed by atoms with Crippen LogP contribution in [0.1, 0.15) is 50.8 Å². The summed E-state index contributed by atoms with van der Waals surface area (Å²) in [5.41, 5.74) is 0.985. The summed E-state index contributed by atoms with van der Waals surface area (Å²) >= 11 is 0. The van der Waals surface area contributed by atoms with Crippen LogP contribution in [0.3, 0.4) is 0 Å². The quantitative estimate of drug-likeness (QED) is 0.379. The summed E-state index contributed by atoms with van der Waals surface area (Å²) in [5, 5.41) is 6.57. The van der Waals surface area contributed by atoms with E-state index in [2.05, 4.69) is 41.4 Å². The Hall–Kier alpha value is -1.64. The molecule has 1 aliphatic carbocycles. The minimum atomic E-state index is -0.185. The van der Waals surface area contributed by atoms with Crippen molar-refractivity contribution in [3.8, 4) is 0 Å². The van der Waals surface area contributed by atoms with Crippen LogP contribution in [-0.4, -0.2) is 24.5 Å². The SMILES string of the molecule is CN=C(NCc1ncc(C(C)(C)C)o1)NCC1(c2cccc(F)c2)CC1.I. The highest BCUT2D eigenvalue weighted by molar-refractivity contribution is 14.0. The van der Waals surface area contributed by atoms with Crippen LogP contribution >= 0.6 is 24.0 Å². The Labute approximate surface area is 177 Å². The normalized spacial score (nSPS) is 15.8. The van der Waals surface area contributed by atoms with Gasteiger partial charge in [0.1, 0.15) is 11.6 Å². The van der Waals surface area contributed by atoms with Gasteiger partial charge in [0.05, 0.1) is 12.7 Å². The van der Waals surface area contributed by atoms with Crippen molar-refractivity contribution in [2.45, 2.75) is 51.0 Å². The van der Waals surface area contributed by atoms with E-state index in [0.717, 1.165) is 30.7 Å². The van der Waals surface area contributed by atoms with Gasteiger partial charge in [-0.1, -0.05) is 32.9 Å². The van der Waals surface area contributed by atoms with Gasteiger partial charge < -0.3 is 15.1 Å². The number of nitrogens with one attached hydrogen (secondary N) is 2. The van der Waals surface area contributed by atoms with Crippen LogP contribution in [0.15, 0.2) is 39.9 Å². The monoisotopic (exact) mass is 486 g/mol. The first kappa shape index (κ1) is 21.7. The van der Waals surface area contributed by atoms with Crippen molar-refractivity contribution in [2.24, 2.45) is 4.99 Å². The smallest absolute Gasteiger partial charge is 0.213 e. The Morgan fingerprint density at radius 2 is 2.04 bits per heavy atom. The van der Waals surface area contributed by atoms with Gasteiger partial charge in [-0.2, -0.15) is 0 Å². The summed E-state index contributed by atoms with van der Waals surface area (Å²) in [7, 11) is 1.73. The van der Waals surface area contributed by atoms with Crippen molar-refractivity contribution in [3.05, 3.63) is 53.5 Å². The number of hydrogen-bond acceptors (Lipinski definition) is 3. The number of halogens is 2. The highest BCUT2D eigenvalue weighted by Gasteiger charge is 2.44. The number of nitrogens with zero attached hydrogens (tertiary/aromatic N) is 2. The first-order valence-electron chi connectivity index (χ1n) is 8.98. The fourth-order valence-electron chi connectivity index (χ4n) is 2.91. The zero-order valence-corrected chi connectivity index (χ0v) is 18.6. The summed E-state index contributed by atoms with van der Waals surface area (Å²) in [6.45, 7) is 7.45. The third kappa shape index (κ3) is 5.43. The lowest BCUT2D eigenvalue weighted by molar-refractivity contribution is 0.379. The van der Waals surface area contributed by atoms with Gasteiger partial charge in [0, 0.05) is 24.4 Å². The van der Waals surface area contributed by atoms with E-state index in [1.165, 1.54) is 6.07 Å². The maximum absolute atomic E-state index is 13.5. The molecular formula is C20H28FIN4O. The lowest BCUT2D eigenvalue weighted by Crippen LogP contribution is -2.41. The molecule has 3 rings (SSSR count). The predicted molar refractivity (Wildman–Crippen MR) is 116 cm³/mol. The van der Waals surface area contributed by atoms with Crippen LogP contribution in [0, 0.1) is 5.82 Å². The standard InChI is InChI=1S/C20H27FN4O.HI/c1-19(2,3)16-11-23-17(26-16)12-24-18(22-4)25-13-20(8-9-20)14-6-5-7-15(21)10-14;/h5-7,10-11H,8-9,12-13H2,1-4H3,(H2,22,24,25);1H. The second-order valence-electron chi connectivity index (χ2n) is 7.94. The molecule has 1 aromatic carbocycles. The minimum absolute atomic E-state index is 0. The second kappa shape index (κ2) is 8.58. The second-order valence-corrected chi connectivity index (χ2v) is 7.94. The molecule has 0 radical (unpaired) electrons. The molecule has 7 heteroatoms. The fourth-order valence-corrected chi connectivity index (χ4v) is 2.91. The molecule has 0 spiro atoms. The highest BCUT2D eigenvalue weighted by Crippen LogP contribution is 2.47. The molecule has 1 fully saturated rings. The summed E-state index contributed by atoms with van der Waals surface area (Å²) in [6, 6.07) is 6.88. The van der Waals surface area contributed by atoms with E-state index < -0.39 is 0 Å². The Bertz CT molecular complexity index is 793. The van der Waals surface area contributed by atoms with Crippen molar-refractivity contribution in [2.75, 3.05) is 13.6 Å². The fraction of sp³-hybridized carbons (Fsp3) is 0.500. The molecule has 0 aliphatic heterocycles. The molecule has 148 valence electrons. The maximum Gasteiger partial charge on any atom is 0.213 e. The van der Waals surface area contributed by atoms with E-state index in [9.17, 15) is 4.39 Å². The molecule has 1 saturated carbocycles. The van der Waals surface area contributed by atoms with Gasteiger partial charge in [0.15, 0.2) is 5.96 Å². The Kier molecular flexibility index (Phi) is 6.88. The summed E-state index contributed by atoms with van der Waals surface area (Å²) in [5.74, 6) is 1.99. The van der Waals surface area contributed by atoms with Crippen LogP contribution in [0.5, 0.6) is 0 Å². The largest absolute Gasteiger partial charge is 0.443 e. The van der Waals surface area contributed by atoms with Crippen molar-refractivity contribution in [3.63, 3.8) is 0 Å². The third-order valence-electron chi connectivity index (χ3n) is 4.81. The van der Waals surface area contributed by atoms with E-state index in [4.69, 9.17) is 4.42 Å². The number of benzene rings is 1. The van der Waals surface area contributed by atoms with Crippen molar-refractivity contribution in [1.82, 2.24) is 15.6 Å². The summed E-state index contributed by atoms with van der Waals surface area (Å²) < 4.78 is 19.3. The van der Waals surface area contributed by atoms with Gasteiger partial charge in [0.2, 0.25) is 5.89 Å². The average molecular weight is 486 g/mol. The molecule has 2 N–H and O–H groups in total. The van der Waals surface area contributed by atoms with Crippen LogP contribution in [0.25, 0.3) is 0 Å². The molecule has 2 aromatic rings. The Balaban J connectivity index is 0.00000261. The Morgan fingerprint density at radius 1 is 1.30 bits per heavy atom. The number of aliphatic imine (C=N–C) groups is 1. The summed E-state index contributed by atoms with van der Waals surface area (Å²) in [4.78, 5) is 8.57. The lowest BCUT2D eigenvalue weighted by atomic mass is 9.94. The average Bonchev–Trinajstić information content (AvgIpc) is 3.22. The van der Waals surface area contributed by atoms with Crippen molar-refractivity contribution < 1.29 is 8.81 Å². The Morgan fingerprint density at radius 3 is 2.59 bits per heavy atom. The zero-order chi connectivity index (χ0) is 18.8. The third-order valence-corrected chi connectivity index (χ3v) is 4.81. The minimum Gasteiger partial charge on any atom is -0.443 e. The number of hydrogen-bond donors (Lipinski definition) is 2. The van der Waals surface area contributed by atoms with Gasteiger partial charge in [-0.15, -0.1) is 24.0 Å². The van der Waals surface area contributed by atoms with Crippen LogP contribution in [0.2, 0.25) is 0 Å². The molecular weight excluding hydrogens is 458 g/mol. The molecule has 27 heavy (non-hydrogen) atoms. The lowest BCUT2D eigenvalue weighted by Gasteiger charge is -2.19. The van der Waals surface area contributed by atoms with E-state index >= 15 is 0 Å². The molecule has 0 amide bonds. The predicted octanol–water partition coefficient (Wildman–Crippen LogP) is 4.13. The van der Waals surface area contributed by atoms with Gasteiger partial charge >= 0.3 is 0 Å². The van der Waals surface area contributed by atoms with Crippen molar-refractivity contribution in [1.29, 1.82) is 0 Å². The molecule has 5 nitrogen and oxygen atoms in total. The molecule has 0 atom stereocenters. The molecule has 1 aliphatic rings. The highest BCUT2D eigenvalue weighted by atomic mass is 127. The molecule has 0 saturated heterocycles. The molecule has 0 bridgehead atoms. The van der Waals surface area contributed by atoms with Gasteiger partial charge in [0.25, 0.3) is 0 Å². The summed E-state index contributed by atoms with van der Waals surface area (Å²) in [6.07, 6.45) is 3.88. The first-order chi connectivity index (χ1) is 12.3. The maximum atomic E-state index is 13.5. The first-order valence-corrected chi connectivity index (χ1v) is 8.98. The van der Waals surface area contributed by atoms with E-state index in [0.29, 0.717) is 18.4 Å². The van der Waals surface area contributed by atoms with E-state index in [1.807, 2.05) is 6.07 Å². The number of rotatable bonds is 5. The van der Waals surface area contributed by atoms with Crippen LogP contribution in [0.4, 0.5) is 4.39 Å². The number of aromatic nitrogens is 1. The van der Waals surface area contributed by atoms with E-state index in [1.54, 1.807) is 25.4 Å². The van der Waals surface area contributed by atoms with Crippen LogP contribution in [-0.2, 0) is 17.4 Å². The number of guanidine groups is 1. The topological polar surface area (TPSA) is 62.5 Å². The van der Waals surface area contributed by atoms with Gasteiger partial charge in [-0.05, 0) is 30.5 Å². The van der Waals surface area contributed by atoms with E-state index in [-0.39, 0.29) is 40.6 Å².